The molecule has 6 nitrogen and oxygen atoms in total. The van der Waals surface area contributed by atoms with Gasteiger partial charge in [0, 0.05) is 35.3 Å². The quantitative estimate of drug-likeness (QED) is 0.571. The Balaban J connectivity index is 2.24. The number of esters is 1. The molecule has 7 heteroatoms. The Labute approximate surface area is 182 Å². The molecule has 162 valence electrons. The summed E-state index contributed by atoms with van der Waals surface area (Å²) in [6.45, 7) is 13.2. The Bertz CT molecular complexity index is 760. The summed E-state index contributed by atoms with van der Waals surface area (Å²) in [4.78, 5) is 28.9. The number of anilines is 1. The predicted molar refractivity (Wildman–Crippen MR) is 119 cm³/mol. The summed E-state index contributed by atoms with van der Waals surface area (Å²) in [6.07, 6.45) is 1.43. The maximum absolute atomic E-state index is 12.5. The van der Waals surface area contributed by atoms with E-state index < -0.39 is 5.60 Å². The highest BCUT2D eigenvalue weighted by Gasteiger charge is 2.34. The number of rotatable bonds is 4. The van der Waals surface area contributed by atoms with Crippen LogP contribution in [-0.4, -0.2) is 54.8 Å². The Hall–Kier alpha value is -1.76. The number of carbonyl (C=O) groups excluding carboxylic acids is 2. The molecule has 0 aromatic heterocycles. The second-order valence-electron chi connectivity index (χ2n) is 8.58. The zero-order valence-corrected chi connectivity index (χ0v) is 20.1. The summed E-state index contributed by atoms with van der Waals surface area (Å²) in [5.41, 5.74) is 1.99. The monoisotopic (exact) mass is 468 g/mol. The number of halogens is 1. The van der Waals surface area contributed by atoms with Gasteiger partial charge in [0.15, 0.2) is 0 Å². The van der Waals surface area contributed by atoms with E-state index >= 15 is 0 Å². The van der Waals surface area contributed by atoms with Crippen molar-refractivity contribution in [1.82, 2.24) is 4.90 Å². The van der Waals surface area contributed by atoms with Gasteiger partial charge in [-0.3, -0.25) is 0 Å². The maximum Gasteiger partial charge on any atom is 0.410 e. The van der Waals surface area contributed by atoms with Crippen molar-refractivity contribution in [2.24, 2.45) is 0 Å². The molecule has 0 N–H and O–H groups in total. The third-order valence-corrected chi connectivity index (χ3v) is 5.78. The highest BCUT2D eigenvalue weighted by molar-refractivity contribution is 9.10. The van der Waals surface area contributed by atoms with Gasteiger partial charge < -0.3 is 19.3 Å². The average molecular weight is 469 g/mol. The number of piperidine rings is 1. The van der Waals surface area contributed by atoms with Crippen molar-refractivity contribution in [1.29, 1.82) is 0 Å². The van der Waals surface area contributed by atoms with Crippen molar-refractivity contribution in [2.45, 2.75) is 72.1 Å². The fourth-order valence-corrected chi connectivity index (χ4v) is 4.38. The van der Waals surface area contributed by atoms with Crippen LogP contribution in [0.2, 0.25) is 0 Å². The van der Waals surface area contributed by atoms with E-state index in [9.17, 15) is 9.59 Å². The summed E-state index contributed by atoms with van der Waals surface area (Å²) < 4.78 is 11.3. The van der Waals surface area contributed by atoms with Crippen molar-refractivity contribution in [2.75, 3.05) is 25.1 Å². The Morgan fingerprint density at radius 3 is 2.48 bits per heavy atom. The van der Waals surface area contributed by atoms with E-state index in [1.54, 1.807) is 6.07 Å². The van der Waals surface area contributed by atoms with Crippen LogP contribution in [-0.2, 0) is 9.47 Å². The molecule has 0 aliphatic carbocycles. The number of likely N-dealkylation sites (tertiary alicyclic amines) is 1. The van der Waals surface area contributed by atoms with Gasteiger partial charge in [-0.25, -0.2) is 9.59 Å². The minimum atomic E-state index is -0.499. The van der Waals surface area contributed by atoms with Crippen LogP contribution in [0.5, 0.6) is 0 Å². The number of amides is 1. The molecule has 1 fully saturated rings. The lowest BCUT2D eigenvalue weighted by molar-refractivity contribution is 0.0103. The predicted octanol–water partition coefficient (Wildman–Crippen LogP) is 5.16. The van der Waals surface area contributed by atoms with Crippen molar-refractivity contribution in [3.63, 3.8) is 0 Å². The summed E-state index contributed by atoms with van der Waals surface area (Å²) in [5.74, 6) is -0.339. The largest absolute Gasteiger partial charge is 0.465 e. The Morgan fingerprint density at radius 1 is 1.31 bits per heavy atom. The fourth-order valence-electron chi connectivity index (χ4n) is 3.93. The van der Waals surface area contributed by atoms with Crippen LogP contribution in [0.25, 0.3) is 0 Å². The summed E-state index contributed by atoms with van der Waals surface area (Å²) in [5, 5.41) is 0. The lowest BCUT2D eigenvalue weighted by Gasteiger charge is -2.43. The molecule has 1 aromatic carbocycles. The van der Waals surface area contributed by atoms with Crippen molar-refractivity contribution >= 4 is 33.7 Å². The summed E-state index contributed by atoms with van der Waals surface area (Å²) >= 11 is 3.53. The first-order valence-electron chi connectivity index (χ1n) is 10.1. The molecule has 0 spiro atoms. The van der Waals surface area contributed by atoms with Gasteiger partial charge in [0.05, 0.1) is 12.7 Å². The third-order valence-electron chi connectivity index (χ3n) is 5.32. The molecule has 0 saturated carbocycles. The summed E-state index contributed by atoms with van der Waals surface area (Å²) in [6, 6.07) is 4.19. The second kappa shape index (κ2) is 9.37. The molecule has 1 aliphatic rings. The lowest BCUT2D eigenvalue weighted by atomic mass is 9.95. The molecule has 1 amide bonds. The molecule has 1 aromatic rings. The molecule has 1 aliphatic heterocycles. The number of hydrogen-bond acceptors (Lipinski definition) is 5. The Morgan fingerprint density at radius 2 is 1.97 bits per heavy atom. The molecular weight excluding hydrogens is 436 g/mol. The van der Waals surface area contributed by atoms with Gasteiger partial charge in [0.25, 0.3) is 0 Å². The van der Waals surface area contributed by atoms with Crippen LogP contribution in [0.15, 0.2) is 16.6 Å². The highest BCUT2D eigenvalue weighted by atomic mass is 79.9. The van der Waals surface area contributed by atoms with Gasteiger partial charge >= 0.3 is 12.1 Å². The maximum atomic E-state index is 12.5. The number of hydrogen-bond donors (Lipinski definition) is 0. The molecule has 1 heterocycles. The first-order chi connectivity index (χ1) is 13.5. The fraction of sp³-hybridized carbons (Fsp3) is 0.636. The zero-order chi connectivity index (χ0) is 21.9. The topological polar surface area (TPSA) is 59.1 Å². The third kappa shape index (κ3) is 5.65. The number of nitrogens with zero attached hydrogens (tertiary/aromatic N) is 2. The van der Waals surface area contributed by atoms with Crippen LogP contribution < -0.4 is 4.90 Å². The van der Waals surface area contributed by atoms with Gasteiger partial charge in [0.1, 0.15) is 5.60 Å². The second-order valence-corrected chi connectivity index (χ2v) is 9.49. The summed E-state index contributed by atoms with van der Waals surface area (Å²) in [7, 11) is 1.40. The molecule has 1 saturated heterocycles. The first-order valence-corrected chi connectivity index (χ1v) is 10.9. The zero-order valence-electron chi connectivity index (χ0n) is 18.5. The van der Waals surface area contributed by atoms with E-state index in [-0.39, 0.29) is 24.1 Å². The van der Waals surface area contributed by atoms with E-state index in [1.807, 2.05) is 32.6 Å². The standard InChI is InChI=1S/C22H33BrN2O4/c1-8-24(19-13-16(23)12-18(15(19)3)20(26)28-7)17-9-10-25(14(2)11-17)21(27)29-22(4,5)6/h12-14,17H,8-11H2,1-7H3. The van der Waals surface area contributed by atoms with E-state index in [0.29, 0.717) is 12.1 Å². The van der Waals surface area contributed by atoms with E-state index in [1.165, 1.54) is 7.11 Å². The molecule has 0 radical (unpaired) electrons. The number of benzene rings is 1. The van der Waals surface area contributed by atoms with E-state index in [0.717, 1.165) is 35.1 Å². The minimum Gasteiger partial charge on any atom is -0.465 e. The van der Waals surface area contributed by atoms with Crippen LogP contribution in [0, 0.1) is 6.92 Å². The molecule has 2 unspecified atom stereocenters. The number of ether oxygens (including phenoxy) is 2. The Kier molecular flexibility index (Phi) is 7.60. The molecular formula is C22H33BrN2O4. The normalized spacial score (nSPS) is 19.7. The number of carbonyl (C=O) groups is 2. The first kappa shape index (κ1) is 23.5. The van der Waals surface area contributed by atoms with Gasteiger partial charge in [-0.15, -0.1) is 0 Å². The average Bonchev–Trinajstić information content (AvgIpc) is 2.62. The van der Waals surface area contributed by atoms with Crippen molar-refractivity contribution in [3.8, 4) is 0 Å². The van der Waals surface area contributed by atoms with Crippen molar-refractivity contribution in [3.05, 3.63) is 27.7 Å². The van der Waals surface area contributed by atoms with E-state index in [4.69, 9.17) is 9.47 Å². The molecule has 2 rings (SSSR count). The molecule has 0 bridgehead atoms. The van der Waals surface area contributed by atoms with Crippen LogP contribution in [0.4, 0.5) is 10.5 Å². The van der Waals surface area contributed by atoms with Crippen LogP contribution in [0.3, 0.4) is 0 Å². The smallest absolute Gasteiger partial charge is 0.410 e. The number of methoxy groups -OCH3 is 1. The van der Waals surface area contributed by atoms with Crippen LogP contribution >= 0.6 is 15.9 Å². The van der Waals surface area contributed by atoms with Crippen molar-refractivity contribution < 1.29 is 19.1 Å². The minimum absolute atomic E-state index is 0.0742. The van der Waals surface area contributed by atoms with Gasteiger partial charge in [-0.2, -0.15) is 0 Å². The molecule has 29 heavy (non-hydrogen) atoms. The van der Waals surface area contributed by atoms with Crippen LogP contribution in [0.1, 0.15) is 63.4 Å². The van der Waals surface area contributed by atoms with Gasteiger partial charge in [-0.1, -0.05) is 15.9 Å². The van der Waals surface area contributed by atoms with Gasteiger partial charge in [-0.05, 0) is 72.1 Å². The molecule has 2 atom stereocenters. The van der Waals surface area contributed by atoms with E-state index in [2.05, 4.69) is 40.7 Å². The SMILES string of the molecule is CCN(c1cc(Br)cc(C(=O)OC)c1C)C1CCN(C(=O)OC(C)(C)C)C(C)C1. The highest BCUT2D eigenvalue weighted by Crippen LogP contribution is 2.33. The lowest BCUT2D eigenvalue weighted by Crippen LogP contribution is -2.52. The van der Waals surface area contributed by atoms with Gasteiger partial charge in [0.2, 0.25) is 0 Å².